The van der Waals surface area contributed by atoms with Gasteiger partial charge in [-0.15, -0.1) is 0 Å². The van der Waals surface area contributed by atoms with Gasteiger partial charge in [0.05, 0.1) is 6.54 Å². The Bertz CT molecular complexity index is 259. The number of nitrogens with one attached hydrogen (secondary N) is 1. The van der Waals surface area contributed by atoms with E-state index in [0.29, 0.717) is 6.08 Å². The smallest absolute Gasteiger partial charge is 0.383 e. The Labute approximate surface area is 91.4 Å². The van der Waals surface area contributed by atoms with Crippen LogP contribution in [0.15, 0.2) is 11.8 Å². The van der Waals surface area contributed by atoms with Crippen molar-refractivity contribution in [3.63, 3.8) is 0 Å². The molecule has 0 amide bonds. The number of methoxy groups -OCH3 is 2. The molecule has 0 unspecified atom stereocenters. The van der Waals surface area contributed by atoms with E-state index in [1.165, 1.54) is 21.1 Å². The third-order valence-corrected chi connectivity index (χ3v) is 1.70. The van der Waals surface area contributed by atoms with Crippen LogP contribution in [-0.4, -0.2) is 39.0 Å². The highest BCUT2D eigenvalue weighted by molar-refractivity contribution is 5.94. The van der Waals surface area contributed by atoms with Crippen LogP contribution in [-0.2, 0) is 14.3 Å². The van der Waals surface area contributed by atoms with E-state index in [1.807, 2.05) is 0 Å². The maximum atomic E-state index is 11.9. The SMILES string of the molecule is COC(CN/C(C)=C\C(=O)C(F)(F)F)OC. The van der Waals surface area contributed by atoms with Crippen molar-refractivity contribution in [2.24, 2.45) is 0 Å². The summed E-state index contributed by atoms with van der Waals surface area (Å²) >= 11 is 0. The van der Waals surface area contributed by atoms with Crippen LogP contribution in [0.4, 0.5) is 13.2 Å². The number of carbonyl (C=O) groups excluding carboxylic acids is 1. The summed E-state index contributed by atoms with van der Waals surface area (Å²) in [6.45, 7) is 1.51. The topological polar surface area (TPSA) is 47.6 Å². The lowest BCUT2D eigenvalue weighted by Crippen LogP contribution is -2.29. The van der Waals surface area contributed by atoms with E-state index < -0.39 is 18.2 Å². The van der Waals surface area contributed by atoms with E-state index in [4.69, 9.17) is 9.47 Å². The molecule has 16 heavy (non-hydrogen) atoms. The largest absolute Gasteiger partial charge is 0.454 e. The minimum Gasteiger partial charge on any atom is -0.383 e. The number of carbonyl (C=O) groups is 1. The molecule has 0 aromatic rings. The first-order valence-corrected chi connectivity index (χ1v) is 4.40. The summed E-state index contributed by atoms with van der Waals surface area (Å²) < 4.78 is 45.2. The zero-order chi connectivity index (χ0) is 12.8. The Kier molecular flexibility index (Phi) is 6.05. The lowest BCUT2D eigenvalue weighted by atomic mass is 10.3. The van der Waals surface area contributed by atoms with Crippen molar-refractivity contribution in [3.8, 4) is 0 Å². The van der Waals surface area contributed by atoms with Crippen LogP contribution < -0.4 is 5.32 Å². The number of hydrogen-bond donors (Lipinski definition) is 1. The molecule has 0 bridgehead atoms. The van der Waals surface area contributed by atoms with Gasteiger partial charge in [0.1, 0.15) is 0 Å². The number of ketones is 1. The lowest BCUT2D eigenvalue weighted by molar-refractivity contribution is -0.165. The zero-order valence-electron chi connectivity index (χ0n) is 9.22. The molecule has 0 saturated carbocycles. The van der Waals surface area contributed by atoms with Gasteiger partial charge in [-0.25, -0.2) is 0 Å². The fourth-order valence-electron chi connectivity index (χ4n) is 0.837. The average Bonchev–Trinajstić information content (AvgIpc) is 2.17. The predicted molar refractivity (Wildman–Crippen MR) is 50.6 cm³/mol. The molecule has 0 aliphatic heterocycles. The standard InChI is InChI=1S/C9H14F3NO3/c1-6(4-7(14)9(10,11)12)13-5-8(15-2)16-3/h4,8,13H,5H2,1-3H3/b6-4-. The fourth-order valence-corrected chi connectivity index (χ4v) is 0.837. The first-order valence-electron chi connectivity index (χ1n) is 4.40. The highest BCUT2D eigenvalue weighted by Crippen LogP contribution is 2.16. The predicted octanol–water partition coefficient (Wildman–Crippen LogP) is 1.23. The van der Waals surface area contributed by atoms with Crippen molar-refractivity contribution in [1.82, 2.24) is 5.32 Å². The minimum absolute atomic E-state index is 0.0985. The Hall–Kier alpha value is -1.08. The minimum atomic E-state index is -4.84. The molecule has 0 fully saturated rings. The lowest BCUT2D eigenvalue weighted by Gasteiger charge is -2.15. The van der Waals surface area contributed by atoms with Crippen LogP contribution in [0, 0.1) is 0 Å². The summed E-state index contributed by atoms with van der Waals surface area (Å²) in [7, 11) is 2.80. The van der Waals surface area contributed by atoms with Gasteiger partial charge in [-0.3, -0.25) is 4.79 Å². The molecule has 0 saturated heterocycles. The van der Waals surface area contributed by atoms with Gasteiger partial charge in [0.2, 0.25) is 0 Å². The van der Waals surface area contributed by atoms with E-state index in [-0.39, 0.29) is 12.2 Å². The molecule has 0 spiro atoms. The fraction of sp³-hybridized carbons (Fsp3) is 0.667. The Morgan fingerprint density at radius 1 is 1.38 bits per heavy atom. The second-order valence-electron chi connectivity index (χ2n) is 2.97. The van der Waals surface area contributed by atoms with Crippen molar-refractivity contribution >= 4 is 5.78 Å². The third kappa shape index (κ3) is 5.72. The summed E-state index contributed by atoms with van der Waals surface area (Å²) in [5, 5.41) is 2.58. The van der Waals surface area contributed by atoms with Gasteiger partial charge in [0, 0.05) is 26.0 Å². The molecule has 0 aromatic carbocycles. The normalized spacial score (nSPS) is 13.1. The first-order chi connectivity index (χ1) is 7.31. The van der Waals surface area contributed by atoms with E-state index in [2.05, 4.69) is 5.32 Å². The number of halogens is 3. The van der Waals surface area contributed by atoms with Gasteiger partial charge < -0.3 is 14.8 Å². The van der Waals surface area contributed by atoms with Crippen LogP contribution in [0.5, 0.6) is 0 Å². The number of allylic oxidation sites excluding steroid dienone is 2. The number of ether oxygens (including phenoxy) is 2. The quantitative estimate of drug-likeness (QED) is 0.561. The molecule has 0 atom stereocenters. The molecule has 4 nitrogen and oxygen atoms in total. The van der Waals surface area contributed by atoms with Crippen LogP contribution in [0.2, 0.25) is 0 Å². The van der Waals surface area contributed by atoms with Gasteiger partial charge >= 0.3 is 6.18 Å². The summed E-state index contributed by atoms with van der Waals surface area (Å²) in [4.78, 5) is 10.6. The van der Waals surface area contributed by atoms with Gasteiger partial charge in [-0.1, -0.05) is 0 Å². The third-order valence-electron chi connectivity index (χ3n) is 1.70. The van der Waals surface area contributed by atoms with Crippen LogP contribution in [0.3, 0.4) is 0 Å². The molecule has 0 aromatic heterocycles. The Balaban J connectivity index is 4.20. The van der Waals surface area contributed by atoms with Crippen molar-refractivity contribution in [1.29, 1.82) is 0 Å². The van der Waals surface area contributed by atoms with Gasteiger partial charge in [-0.05, 0) is 6.92 Å². The molecule has 0 heterocycles. The average molecular weight is 241 g/mol. The Morgan fingerprint density at radius 3 is 2.25 bits per heavy atom. The molecular formula is C9H14F3NO3. The van der Waals surface area contributed by atoms with Gasteiger partial charge in [-0.2, -0.15) is 13.2 Å². The number of alkyl halides is 3. The van der Waals surface area contributed by atoms with E-state index in [1.54, 1.807) is 0 Å². The highest BCUT2D eigenvalue weighted by atomic mass is 19.4. The summed E-state index contributed by atoms with van der Waals surface area (Å²) in [5.41, 5.74) is 0.0985. The van der Waals surface area contributed by atoms with Gasteiger partial charge in [0.25, 0.3) is 5.78 Å². The molecule has 0 rings (SSSR count). The zero-order valence-corrected chi connectivity index (χ0v) is 9.22. The molecule has 0 aliphatic carbocycles. The second-order valence-corrected chi connectivity index (χ2v) is 2.97. The molecular weight excluding hydrogens is 227 g/mol. The van der Waals surface area contributed by atoms with Crippen molar-refractivity contribution < 1.29 is 27.4 Å². The molecule has 1 N–H and O–H groups in total. The van der Waals surface area contributed by atoms with Crippen molar-refractivity contribution in [2.45, 2.75) is 19.4 Å². The van der Waals surface area contributed by atoms with E-state index in [9.17, 15) is 18.0 Å². The van der Waals surface area contributed by atoms with E-state index in [0.717, 1.165) is 0 Å². The first kappa shape index (κ1) is 14.9. The summed E-state index contributed by atoms with van der Waals surface area (Å²) in [5.74, 6) is -1.90. The van der Waals surface area contributed by atoms with Crippen molar-refractivity contribution in [3.05, 3.63) is 11.8 Å². The molecule has 94 valence electrons. The van der Waals surface area contributed by atoms with Gasteiger partial charge in [0.15, 0.2) is 6.29 Å². The molecule has 0 radical (unpaired) electrons. The molecule has 0 aliphatic rings. The van der Waals surface area contributed by atoms with Crippen LogP contribution in [0.25, 0.3) is 0 Å². The van der Waals surface area contributed by atoms with E-state index >= 15 is 0 Å². The number of rotatable bonds is 6. The van der Waals surface area contributed by atoms with Crippen LogP contribution >= 0.6 is 0 Å². The second kappa shape index (κ2) is 6.49. The molecule has 7 heteroatoms. The maximum Gasteiger partial charge on any atom is 0.454 e. The van der Waals surface area contributed by atoms with Crippen molar-refractivity contribution in [2.75, 3.05) is 20.8 Å². The van der Waals surface area contributed by atoms with Crippen LogP contribution in [0.1, 0.15) is 6.92 Å². The maximum absolute atomic E-state index is 11.9. The summed E-state index contributed by atoms with van der Waals surface area (Å²) in [6.07, 6.45) is -4.93. The number of hydrogen-bond acceptors (Lipinski definition) is 4. The summed E-state index contributed by atoms with van der Waals surface area (Å²) in [6, 6.07) is 0. The monoisotopic (exact) mass is 241 g/mol. The highest BCUT2D eigenvalue weighted by Gasteiger charge is 2.36. The Morgan fingerprint density at radius 2 is 1.88 bits per heavy atom.